The molecule has 2 rings (SSSR count). The normalized spacial score (nSPS) is 16.5. The number of halogens is 1. The van der Waals surface area contributed by atoms with Crippen LogP contribution in [-0.2, 0) is 9.53 Å². The van der Waals surface area contributed by atoms with Crippen LogP contribution >= 0.6 is 0 Å². The first-order valence-corrected chi connectivity index (χ1v) is 4.81. The van der Waals surface area contributed by atoms with Crippen molar-refractivity contribution < 1.29 is 13.9 Å². The second kappa shape index (κ2) is 4.40. The fourth-order valence-corrected chi connectivity index (χ4v) is 1.64. The van der Waals surface area contributed by atoms with E-state index in [-0.39, 0.29) is 5.56 Å². The molecule has 1 aliphatic heterocycles. The number of benzene rings is 1. The molecule has 0 atom stereocenters. The molecule has 15 heavy (non-hydrogen) atoms. The molecule has 0 aromatic heterocycles. The fourth-order valence-electron chi connectivity index (χ4n) is 1.64. The Bertz CT molecular complexity index is 362. The number of hydrogen-bond donors (Lipinski definition) is 0. The molecule has 1 fully saturated rings. The minimum atomic E-state index is -0.405. The molecule has 4 heteroatoms. The van der Waals surface area contributed by atoms with Crippen molar-refractivity contribution in [3.8, 4) is 0 Å². The first-order chi connectivity index (χ1) is 7.29. The van der Waals surface area contributed by atoms with E-state index in [1.54, 1.807) is 12.4 Å². The third-order valence-electron chi connectivity index (χ3n) is 2.38. The Hall–Kier alpha value is -1.42. The molecule has 1 aliphatic rings. The highest BCUT2D eigenvalue weighted by Crippen LogP contribution is 2.18. The number of hydrogen-bond acceptors (Lipinski definition) is 3. The van der Waals surface area contributed by atoms with E-state index < -0.39 is 5.82 Å². The molecule has 0 aliphatic carbocycles. The van der Waals surface area contributed by atoms with Gasteiger partial charge in [0.2, 0.25) is 6.29 Å². The van der Waals surface area contributed by atoms with Gasteiger partial charge < -0.3 is 9.64 Å². The summed E-state index contributed by atoms with van der Waals surface area (Å²) in [6.07, 6.45) is 1.70. The second-order valence-corrected chi connectivity index (χ2v) is 3.40. The fraction of sp³-hybridized carbons (Fsp3) is 0.364. The summed E-state index contributed by atoms with van der Waals surface area (Å²) in [5, 5.41) is 0. The number of nitrogens with zero attached hydrogens (tertiary/aromatic N) is 1. The van der Waals surface area contributed by atoms with Gasteiger partial charge in [-0.25, -0.2) is 4.39 Å². The van der Waals surface area contributed by atoms with Crippen molar-refractivity contribution in [3.05, 3.63) is 29.6 Å². The van der Waals surface area contributed by atoms with Crippen molar-refractivity contribution >= 4 is 12.0 Å². The van der Waals surface area contributed by atoms with Crippen molar-refractivity contribution in [1.29, 1.82) is 0 Å². The zero-order valence-corrected chi connectivity index (χ0v) is 8.20. The molecule has 1 radical (unpaired) electrons. The highest BCUT2D eigenvalue weighted by molar-refractivity contribution is 5.77. The summed E-state index contributed by atoms with van der Waals surface area (Å²) < 4.78 is 18.3. The highest BCUT2D eigenvalue weighted by atomic mass is 19.1. The lowest BCUT2D eigenvalue weighted by molar-refractivity contribution is 0.122. The Morgan fingerprint density at radius 2 is 2.00 bits per heavy atom. The largest absolute Gasteiger partial charge is 0.378 e. The van der Waals surface area contributed by atoms with E-state index in [0.29, 0.717) is 13.2 Å². The van der Waals surface area contributed by atoms with Crippen LogP contribution in [0.4, 0.5) is 10.1 Å². The first kappa shape index (κ1) is 10.1. The van der Waals surface area contributed by atoms with E-state index in [1.165, 1.54) is 12.1 Å². The Kier molecular flexibility index (Phi) is 2.97. The van der Waals surface area contributed by atoms with Gasteiger partial charge in [-0.3, -0.25) is 4.79 Å². The van der Waals surface area contributed by atoms with Gasteiger partial charge in [-0.2, -0.15) is 0 Å². The molecule has 0 unspecified atom stereocenters. The van der Waals surface area contributed by atoms with Gasteiger partial charge in [0.15, 0.2) is 0 Å². The zero-order chi connectivity index (χ0) is 10.7. The molecule has 1 saturated heterocycles. The Labute approximate surface area is 87.5 Å². The van der Waals surface area contributed by atoms with E-state index in [2.05, 4.69) is 0 Å². The van der Waals surface area contributed by atoms with Crippen molar-refractivity contribution in [2.75, 3.05) is 31.2 Å². The molecule has 0 bridgehead atoms. The SMILES string of the molecule is O=[C]c1cc(F)cc(N2CCOCC2)c1. The van der Waals surface area contributed by atoms with Crippen molar-refractivity contribution in [1.82, 2.24) is 0 Å². The van der Waals surface area contributed by atoms with E-state index in [9.17, 15) is 9.18 Å². The quantitative estimate of drug-likeness (QED) is 0.729. The molecule has 1 heterocycles. The third kappa shape index (κ3) is 2.33. The molecule has 0 saturated carbocycles. The molecular formula is C11H11FNO2. The van der Waals surface area contributed by atoms with Crippen LogP contribution in [-0.4, -0.2) is 32.6 Å². The summed E-state index contributed by atoms with van der Waals surface area (Å²) >= 11 is 0. The Balaban J connectivity index is 2.25. The van der Waals surface area contributed by atoms with Gasteiger partial charge in [-0.05, 0) is 18.2 Å². The predicted octanol–water partition coefficient (Wildman–Crippen LogP) is 1.12. The topological polar surface area (TPSA) is 29.5 Å². The van der Waals surface area contributed by atoms with Crippen LogP contribution in [0.2, 0.25) is 0 Å². The number of ether oxygens (including phenoxy) is 1. The van der Waals surface area contributed by atoms with E-state index in [1.807, 2.05) is 4.90 Å². The standard InChI is InChI=1S/C11H11FNO2/c12-10-5-9(8-14)6-11(7-10)13-1-3-15-4-2-13/h5-7H,1-4H2. The Morgan fingerprint density at radius 3 is 2.67 bits per heavy atom. The second-order valence-electron chi connectivity index (χ2n) is 3.40. The lowest BCUT2D eigenvalue weighted by Crippen LogP contribution is -2.36. The minimum Gasteiger partial charge on any atom is -0.378 e. The van der Waals surface area contributed by atoms with Gasteiger partial charge in [0.05, 0.1) is 13.2 Å². The van der Waals surface area contributed by atoms with Gasteiger partial charge >= 0.3 is 0 Å². The van der Waals surface area contributed by atoms with Crippen LogP contribution in [0.1, 0.15) is 5.56 Å². The minimum absolute atomic E-state index is 0.247. The zero-order valence-electron chi connectivity index (χ0n) is 8.20. The van der Waals surface area contributed by atoms with Gasteiger partial charge in [-0.1, -0.05) is 0 Å². The summed E-state index contributed by atoms with van der Waals surface area (Å²) in [5.74, 6) is -0.405. The number of morpholine rings is 1. The number of rotatable bonds is 2. The molecule has 1 aromatic rings. The predicted molar refractivity (Wildman–Crippen MR) is 54.2 cm³/mol. The maximum Gasteiger partial charge on any atom is 0.233 e. The van der Waals surface area contributed by atoms with Gasteiger partial charge in [-0.15, -0.1) is 0 Å². The highest BCUT2D eigenvalue weighted by Gasteiger charge is 2.12. The molecule has 3 nitrogen and oxygen atoms in total. The number of anilines is 1. The van der Waals surface area contributed by atoms with Crippen LogP contribution < -0.4 is 4.90 Å². The monoisotopic (exact) mass is 208 g/mol. The molecule has 0 spiro atoms. The summed E-state index contributed by atoms with van der Waals surface area (Å²) in [7, 11) is 0. The van der Waals surface area contributed by atoms with E-state index in [4.69, 9.17) is 4.74 Å². The summed E-state index contributed by atoms with van der Waals surface area (Å²) in [4.78, 5) is 12.5. The summed E-state index contributed by atoms with van der Waals surface area (Å²) in [6.45, 7) is 2.72. The average molecular weight is 208 g/mol. The van der Waals surface area contributed by atoms with E-state index in [0.717, 1.165) is 18.8 Å². The smallest absolute Gasteiger partial charge is 0.233 e. The van der Waals surface area contributed by atoms with Crippen LogP contribution in [0.3, 0.4) is 0 Å². The summed E-state index contributed by atoms with van der Waals surface area (Å²) in [6, 6.07) is 4.24. The van der Waals surface area contributed by atoms with Crippen LogP contribution in [0.25, 0.3) is 0 Å². The molecular weight excluding hydrogens is 197 g/mol. The van der Waals surface area contributed by atoms with E-state index >= 15 is 0 Å². The van der Waals surface area contributed by atoms with Crippen LogP contribution in [0.15, 0.2) is 18.2 Å². The Morgan fingerprint density at radius 1 is 1.27 bits per heavy atom. The van der Waals surface area contributed by atoms with Gasteiger partial charge in [0, 0.05) is 24.3 Å². The van der Waals surface area contributed by atoms with Crippen LogP contribution in [0, 0.1) is 5.82 Å². The van der Waals surface area contributed by atoms with Crippen molar-refractivity contribution in [2.45, 2.75) is 0 Å². The molecule has 0 N–H and O–H groups in total. The van der Waals surface area contributed by atoms with Gasteiger partial charge in [0.25, 0.3) is 0 Å². The maximum absolute atomic E-state index is 13.1. The molecule has 1 aromatic carbocycles. The summed E-state index contributed by atoms with van der Waals surface area (Å²) in [5.41, 5.74) is 0.966. The van der Waals surface area contributed by atoms with Crippen molar-refractivity contribution in [2.24, 2.45) is 0 Å². The lowest BCUT2D eigenvalue weighted by Gasteiger charge is -2.28. The lowest BCUT2D eigenvalue weighted by atomic mass is 10.2. The van der Waals surface area contributed by atoms with Crippen molar-refractivity contribution in [3.63, 3.8) is 0 Å². The third-order valence-corrected chi connectivity index (χ3v) is 2.38. The maximum atomic E-state index is 13.1. The van der Waals surface area contributed by atoms with Gasteiger partial charge in [0.1, 0.15) is 5.82 Å². The van der Waals surface area contributed by atoms with Crippen LogP contribution in [0.5, 0.6) is 0 Å². The number of carbonyl (C=O) groups excluding carboxylic acids is 1. The average Bonchev–Trinajstić information content (AvgIpc) is 2.29. The molecule has 0 amide bonds. The first-order valence-electron chi connectivity index (χ1n) is 4.81. The molecule has 79 valence electrons.